The topological polar surface area (TPSA) is 58.6 Å². The van der Waals surface area contributed by atoms with Crippen molar-refractivity contribution in [3.8, 4) is 0 Å². The molecule has 1 aromatic rings. The molecule has 2 aliphatic rings. The zero-order valence-electron chi connectivity index (χ0n) is 15.5. The molecule has 2 fully saturated rings. The maximum atomic E-state index is 13.4. The lowest BCUT2D eigenvalue weighted by atomic mass is 9.83. The van der Waals surface area contributed by atoms with E-state index in [1.165, 1.54) is 0 Å². The molecule has 1 aliphatic carbocycles. The van der Waals surface area contributed by atoms with Gasteiger partial charge >= 0.3 is 0 Å². The average Bonchev–Trinajstić information content (AvgIpc) is 3.00. The van der Waals surface area contributed by atoms with Crippen LogP contribution in [0.1, 0.15) is 56.3 Å². The van der Waals surface area contributed by atoms with Crippen LogP contribution in [0.5, 0.6) is 0 Å². The van der Waals surface area contributed by atoms with Gasteiger partial charge in [-0.15, -0.1) is 0 Å². The zero-order chi connectivity index (χ0) is 18.7. The highest BCUT2D eigenvalue weighted by molar-refractivity contribution is 6.31. The fourth-order valence-corrected chi connectivity index (χ4v) is 4.10. The summed E-state index contributed by atoms with van der Waals surface area (Å²) >= 11 is 6.08. The standard InChI is InChI=1S/C20H27ClN2O3/c1-3-11-22-18(24)17-13-26-20(9-7-14(2)8-10-20)23(17)19(25)15-5-4-6-16(21)12-15/h4-6,12,14,17H,3,7-11,13H2,1-2H3,(H,22,24)/t14?,17-,20?/m0/s1. The summed E-state index contributed by atoms with van der Waals surface area (Å²) in [6, 6.07) is 6.30. The van der Waals surface area contributed by atoms with Gasteiger partial charge in [0.1, 0.15) is 11.8 Å². The quantitative estimate of drug-likeness (QED) is 0.870. The molecule has 5 nitrogen and oxygen atoms in total. The molecule has 1 saturated carbocycles. The number of hydrogen-bond donors (Lipinski definition) is 1. The molecule has 0 unspecified atom stereocenters. The van der Waals surface area contributed by atoms with E-state index in [0.29, 0.717) is 23.0 Å². The Morgan fingerprint density at radius 2 is 2.08 bits per heavy atom. The molecule has 1 atom stereocenters. The molecule has 1 saturated heterocycles. The SMILES string of the molecule is CCCNC(=O)[C@@H]1COC2(CCC(C)CC2)N1C(=O)c1cccc(Cl)c1. The number of hydrogen-bond acceptors (Lipinski definition) is 3. The van der Waals surface area contributed by atoms with E-state index in [1.807, 2.05) is 6.92 Å². The summed E-state index contributed by atoms with van der Waals surface area (Å²) in [6.45, 7) is 5.06. The van der Waals surface area contributed by atoms with Crippen molar-refractivity contribution in [2.24, 2.45) is 5.92 Å². The van der Waals surface area contributed by atoms with Crippen LogP contribution in [0.25, 0.3) is 0 Å². The molecule has 26 heavy (non-hydrogen) atoms. The third-order valence-corrected chi connectivity index (χ3v) is 5.69. The Kier molecular flexibility index (Phi) is 5.88. The van der Waals surface area contributed by atoms with Gasteiger partial charge in [0, 0.05) is 17.1 Å². The third kappa shape index (κ3) is 3.74. The van der Waals surface area contributed by atoms with E-state index in [-0.39, 0.29) is 18.4 Å². The lowest BCUT2D eigenvalue weighted by Gasteiger charge is -2.43. The summed E-state index contributed by atoms with van der Waals surface area (Å²) in [6.07, 6.45) is 4.35. The highest BCUT2D eigenvalue weighted by atomic mass is 35.5. The van der Waals surface area contributed by atoms with Crippen molar-refractivity contribution < 1.29 is 14.3 Å². The number of amides is 2. The fraction of sp³-hybridized carbons (Fsp3) is 0.600. The van der Waals surface area contributed by atoms with Gasteiger partial charge in [-0.2, -0.15) is 0 Å². The predicted octanol–water partition coefficient (Wildman–Crippen LogP) is 3.61. The second kappa shape index (κ2) is 7.97. The van der Waals surface area contributed by atoms with Crippen LogP contribution in [0.15, 0.2) is 24.3 Å². The van der Waals surface area contributed by atoms with Gasteiger partial charge in [-0.25, -0.2) is 0 Å². The van der Waals surface area contributed by atoms with Crippen LogP contribution in [0.3, 0.4) is 0 Å². The van der Waals surface area contributed by atoms with Crippen molar-refractivity contribution in [1.82, 2.24) is 10.2 Å². The Bertz CT molecular complexity index is 671. The first-order chi connectivity index (χ1) is 12.5. The van der Waals surface area contributed by atoms with Gasteiger partial charge in [0.2, 0.25) is 5.91 Å². The largest absolute Gasteiger partial charge is 0.354 e. The molecule has 1 aromatic carbocycles. The molecule has 1 heterocycles. The minimum Gasteiger partial charge on any atom is -0.354 e. The van der Waals surface area contributed by atoms with Gasteiger partial charge in [0.15, 0.2) is 0 Å². The lowest BCUT2D eigenvalue weighted by molar-refractivity contribution is -0.127. The summed E-state index contributed by atoms with van der Waals surface area (Å²) < 4.78 is 6.14. The molecule has 6 heteroatoms. The molecule has 0 radical (unpaired) electrons. The number of nitrogens with one attached hydrogen (secondary N) is 1. The minimum atomic E-state index is -0.680. The summed E-state index contributed by atoms with van der Waals surface area (Å²) in [5.74, 6) is 0.286. The number of nitrogens with zero attached hydrogens (tertiary/aromatic N) is 1. The molecule has 2 amide bonds. The normalized spacial score (nSPS) is 28.3. The van der Waals surface area contributed by atoms with Gasteiger partial charge in [-0.1, -0.05) is 31.5 Å². The van der Waals surface area contributed by atoms with Crippen LogP contribution in [-0.4, -0.2) is 41.6 Å². The molecule has 1 N–H and O–H groups in total. The van der Waals surface area contributed by atoms with Crippen LogP contribution in [0.4, 0.5) is 0 Å². The van der Waals surface area contributed by atoms with E-state index in [0.717, 1.165) is 32.1 Å². The Morgan fingerprint density at radius 1 is 1.35 bits per heavy atom. The van der Waals surface area contributed by atoms with Crippen molar-refractivity contribution in [3.05, 3.63) is 34.9 Å². The highest BCUT2D eigenvalue weighted by Gasteiger charge is 2.53. The Hall–Kier alpha value is -1.59. The molecular weight excluding hydrogens is 352 g/mol. The first-order valence-corrected chi connectivity index (χ1v) is 9.85. The van der Waals surface area contributed by atoms with Crippen molar-refractivity contribution in [3.63, 3.8) is 0 Å². The molecule has 1 spiro atoms. The summed E-state index contributed by atoms with van der Waals surface area (Å²) in [5.41, 5.74) is -0.186. The van der Waals surface area contributed by atoms with Crippen LogP contribution in [0, 0.1) is 5.92 Å². The number of carbonyl (C=O) groups excluding carboxylic acids is 2. The van der Waals surface area contributed by atoms with Gasteiger partial charge in [0.05, 0.1) is 6.61 Å². The molecule has 3 rings (SSSR count). The van der Waals surface area contributed by atoms with Crippen molar-refractivity contribution in [2.45, 2.75) is 57.7 Å². The molecule has 1 aliphatic heterocycles. The highest BCUT2D eigenvalue weighted by Crippen LogP contribution is 2.43. The first-order valence-electron chi connectivity index (χ1n) is 9.48. The van der Waals surface area contributed by atoms with E-state index in [9.17, 15) is 9.59 Å². The second-order valence-electron chi connectivity index (χ2n) is 7.43. The number of ether oxygens (including phenoxy) is 1. The monoisotopic (exact) mass is 378 g/mol. The number of halogens is 1. The summed E-state index contributed by atoms with van der Waals surface area (Å²) in [5, 5.41) is 3.42. The Labute approximate surface area is 160 Å². The maximum Gasteiger partial charge on any atom is 0.256 e. The van der Waals surface area contributed by atoms with Gasteiger partial charge < -0.3 is 10.1 Å². The minimum absolute atomic E-state index is 0.141. The van der Waals surface area contributed by atoms with Crippen molar-refractivity contribution in [1.29, 1.82) is 0 Å². The average molecular weight is 379 g/mol. The van der Waals surface area contributed by atoms with E-state index in [4.69, 9.17) is 16.3 Å². The van der Waals surface area contributed by atoms with Crippen LogP contribution in [0.2, 0.25) is 5.02 Å². The van der Waals surface area contributed by atoms with E-state index in [1.54, 1.807) is 29.2 Å². The number of rotatable bonds is 4. The zero-order valence-corrected chi connectivity index (χ0v) is 16.2. The van der Waals surface area contributed by atoms with Crippen LogP contribution in [-0.2, 0) is 9.53 Å². The molecular formula is C20H27ClN2O3. The van der Waals surface area contributed by atoms with E-state index in [2.05, 4.69) is 12.2 Å². The van der Waals surface area contributed by atoms with E-state index < -0.39 is 11.8 Å². The third-order valence-electron chi connectivity index (χ3n) is 5.46. The van der Waals surface area contributed by atoms with Crippen molar-refractivity contribution in [2.75, 3.05) is 13.2 Å². The Balaban J connectivity index is 1.91. The molecule has 142 valence electrons. The van der Waals surface area contributed by atoms with Crippen LogP contribution < -0.4 is 5.32 Å². The molecule has 0 aromatic heterocycles. The van der Waals surface area contributed by atoms with Crippen molar-refractivity contribution >= 4 is 23.4 Å². The predicted molar refractivity (Wildman–Crippen MR) is 101 cm³/mol. The smallest absolute Gasteiger partial charge is 0.256 e. The first kappa shape index (κ1) is 19.2. The van der Waals surface area contributed by atoms with Gasteiger partial charge in [-0.05, 0) is 56.2 Å². The van der Waals surface area contributed by atoms with Crippen LogP contribution >= 0.6 is 11.6 Å². The fourth-order valence-electron chi connectivity index (χ4n) is 3.91. The summed E-state index contributed by atoms with van der Waals surface area (Å²) in [4.78, 5) is 27.7. The number of benzene rings is 1. The Morgan fingerprint density at radius 3 is 2.73 bits per heavy atom. The van der Waals surface area contributed by atoms with Gasteiger partial charge in [0.25, 0.3) is 5.91 Å². The summed E-state index contributed by atoms with van der Waals surface area (Å²) in [7, 11) is 0. The lowest BCUT2D eigenvalue weighted by Crippen LogP contribution is -2.56. The number of carbonyl (C=O) groups is 2. The van der Waals surface area contributed by atoms with Gasteiger partial charge in [-0.3, -0.25) is 14.5 Å². The molecule has 0 bridgehead atoms. The van der Waals surface area contributed by atoms with E-state index >= 15 is 0 Å². The maximum absolute atomic E-state index is 13.4. The second-order valence-corrected chi connectivity index (χ2v) is 7.87.